The Balaban J connectivity index is 2.08. The molecule has 6 N–H and O–H groups in total. The smallest absolute Gasteiger partial charge is 0.305 e. The van der Waals surface area contributed by atoms with E-state index in [4.69, 9.17) is 14.2 Å². The van der Waals surface area contributed by atoms with Gasteiger partial charge in [-0.15, -0.1) is 0 Å². The Hall–Kier alpha value is -1.86. The Morgan fingerprint density at radius 1 is 0.545 bits per heavy atom. The van der Waals surface area contributed by atoms with Crippen molar-refractivity contribution in [2.75, 3.05) is 19.8 Å². The van der Waals surface area contributed by atoms with Crippen molar-refractivity contribution in [1.29, 1.82) is 0 Å². The lowest BCUT2D eigenvalue weighted by atomic mass is 9.99. The summed E-state index contributed by atoms with van der Waals surface area (Å²) in [4.78, 5) is 25.1. The van der Waals surface area contributed by atoms with E-state index in [1.54, 1.807) is 6.08 Å². The van der Waals surface area contributed by atoms with Gasteiger partial charge >= 0.3 is 5.97 Å². The minimum Gasteiger partial charge on any atom is -0.466 e. The lowest BCUT2D eigenvalue weighted by Gasteiger charge is -2.40. The highest BCUT2D eigenvalue weighted by Crippen LogP contribution is 2.23. The molecule has 11 heteroatoms. The fourth-order valence-corrected chi connectivity index (χ4v) is 8.60. The SMILES string of the molecule is CCCCCCCC/C=C\CCCCCCCCCC(=O)OCCCCCCCCCCCCCCC(=O)NC(COC1OC(CO)C(O)C(O)C1O)C(O)/C=C/CCCCCCCCC. The Labute approximate surface area is 403 Å². The van der Waals surface area contributed by atoms with Gasteiger partial charge in [0, 0.05) is 12.8 Å². The maximum Gasteiger partial charge on any atom is 0.305 e. The molecule has 1 heterocycles. The molecule has 1 amide bonds. The molecule has 7 unspecified atom stereocenters. The Bertz CT molecular complexity index is 1150. The third-order valence-electron chi connectivity index (χ3n) is 13.1. The predicted molar refractivity (Wildman–Crippen MR) is 269 cm³/mol. The number of aliphatic hydroxyl groups excluding tert-OH is 5. The number of allylic oxidation sites excluding steroid dienone is 3. The summed E-state index contributed by atoms with van der Waals surface area (Å²) in [6.45, 7) is 4.25. The van der Waals surface area contributed by atoms with Gasteiger partial charge in [-0.25, -0.2) is 0 Å². The second-order valence-corrected chi connectivity index (χ2v) is 19.3. The summed E-state index contributed by atoms with van der Waals surface area (Å²) in [5.41, 5.74) is 0. The number of amides is 1. The molecule has 66 heavy (non-hydrogen) atoms. The van der Waals surface area contributed by atoms with Crippen LogP contribution < -0.4 is 5.32 Å². The number of aliphatic hydroxyl groups is 5. The first-order chi connectivity index (χ1) is 32.2. The predicted octanol–water partition coefficient (Wildman–Crippen LogP) is 11.8. The molecular weight excluding hydrogens is 835 g/mol. The molecule has 11 nitrogen and oxygen atoms in total. The number of carbonyl (C=O) groups excluding carboxylic acids is 2. The van der Waals surface area contributed by atoms with E-state index in [0.717, 1.165) is 70.6 Å². The molecule has 1 aliphatic heterocycles. The van der Waals surface area contributed by atoms with Crippen molar-refractivity contribution in [3.05, 3.63) is 24.3 Å². The maximum absolute atomic E-state index is 13.0. The third-order valence-corrected chi connectivity index (χ3v) is 13.1. The van der Waals surface area contributed by atoms with Gasteiger partial charge in [-0.2, -0.15) is 0 Å². The second kappa shape index (κ2) is 45.6. The molecular formula is C55H103NO10. The monoisotopic (exact) mass is 938 g/mol. The summed E-state index contributed by atoms with van der Waals surface area (Å²) >= 11 is 0. The van der Waals surface area contributed by atoms with Crippen molar-refractivity contribution < 1.29 is 49.3 Å². The van der Waals surface area contributed by atoms with E-state index in [0.29, 0.717) is 19.4 Å². The van der Waals surface area contributed by atoms with Crippen LogP contribution in [0.4, 0.5) is 0 Å². The van der Waals surface area contributed by atoms with E-state index in [1.807, 2.05) is 6.08 Å². The maximum atomic E-state index is 13.0. The van der Waals surface area contributed by atoms with E-state index in [2.05, 4.69) is 31.3 Å². The Morgan fingerprint density at radius 2 is 0.970 bits per heavy atom. The van der Waals surface area contributed by atoms with Gasteiger partial charge in [0.2, 0.25) is 5.91 Å². The highest BCUT2D eigenvalue weighted by Gasteiger charge is 2.44. The summed E-state index contributed by atoms with van der Waals surface area (Å²) in [5.74, 6) is -0.237. The topological polar surface area (TPSA) is 175 Å². The molecule has 0 spiro atoms. The Kier molecular flexibility index (Phi) is 42.9. The van der Waals surface area contributed by atoms with E-state index >= 15 is 0 Å². The fourth-order valence-electron chi connectivity index (χ4n) is 8.60. The average molecular weight is 938 g/mol. The van der Waals surface area contributed by atoms with Crippen LogP contribution in [0.1, 0.15) is 251 Å². The van der Waals surface area contributed by atoms with Crippen LogP contribution in [0.5, 0.6) is 0 Å². The standard InChI is InChI=1S/C55H103NO10/c1-3-5-7-9-11-13-14-15-16-17-18-19-23-27-31-35-39-43-51(60)64-44-40-36-32-28-24-21-20-22-26-30-34-38-42-50(59)56-47(48(58)41-37-33-29-25-12-10-8-6-4-2)46-65-55-54(63)53(62)52(61)49(45-57)66-55/h15-16,37,41,47-49,52-55,57-58,61-63H,3-14,17-36,38-40,42-46H2,1-2H3,(H,56,59)/b16-15-,41-37+. The van der Waals surface area contributed by atoms with Gasteiger partial charge in [0.25, 0.3) is 0 Å². The van der Waals surface area contributed by atoms with Gasteiger partial charge in [0.1, 0.15) is 24.4 Å². The van der Waals surface area contributed by atoms with Gasteiger partial charge in [-0.05, 0) is 57.8 Å². The van der Waals surface area contributed by atoms with Crippen molar-refractivity contribution >= 4 is 11.9 Å². The largest absolute Gasteiger partial charge is 0.466 e. The van der Waals surface area contributed by atoms with E-state index in [-0.39, 0.29) is 18.5 Å². The summed E-state index contributed by atoms with van der Waals surface area (Å²) in [6.07, 6.45) is 42.6. The molecule has 7 atom stereocenters. The van der Waals surface area contributed by atoms with Crippen LogP contribution in [0.3, 0.4) is 0 Å². The molecule has 388 valence electrons. The highest BCUT2D eigenvalue weighted by atomic mass is 16.7. The molecule has 1 aliphatic rings. The first kappa shape index (κ1) is 62.2. The Morgan fingerprint density at radius 3 is 1.45 bits per heavy atom. The number of carbonyl (C=O) groups is 2. The normalized spacial score (nSPS) is 19.8. The summed E-state index contributed by atoms with van der Waals surface area (Å²) in [7, 11) is 0. The number of hydrogen-bond donors (Lipinski definition) is 6. The fraction of sp³-hybridized carbons (Fsp3) is 0.891. The second-order valence-electron chi connectivity index (χ2n) is 19.3. The zero-order chi connectivity index (χ0) is 48.1. The van der Waals surface area contributed by atoms with Gasteiger partial charge in [-0.1, -0.05) is 205 Å². The molecule has 1 saturated heterocycles. The molecule has 0 aliphatic carbocycles. The van der Waals surface area contributed by atoms with Crippen molar-refractivity contribution in [2.24, 2.45) is 0 Å². The van der Waals surface area contributed by atoms with Crippen LogP contribution in [0.2, 0.25) is 0 Å². The van der Waals surface area contributed by atoms with Crippen LogP contribution in [-0.2, 0) is 23.8 Å². The lowest BCUT2D eigenvalue weighted by molar-refractivity contribution is -0.302. The average Bonchev–Trinajstić information content (AvgIpc) is 3.31. The number of ether oxygens (including phenoxy) is 3. The van der Waals surface area contributed by atoms with Gasteiger partial charge < -0.3 is 45.1 Å². The van der Waals surface area contributed by atoms with E-state index < -0.39 is 49.5 Å². The highest BCUT2D eigenvalue weighted by molar-refractivity contribution is 5.76. The minimum absolute atomic E-state index is 0.0369. The minimum atomic E-state index is -1.58. The summed E-state index contributed by atoms with van der Waals surface area (Å²) in [5, 5.41) is 54.1. The van der Waals surface area contributed by atoms with Gasteiger partial charge in [0.15, 0.2) is 6.29 Å². The van der Waals surface area contributed by atoms with Crippen molar-refractivity contribution in [2.45, 2.75) is 294 Å². The number of hydrogen-bond acceptors (Lipinski definition) is 10. The number of rotatable bonds is 47. The zero-order valence-electron chi connectivity index (χ0n) is 42.4. The molecule has 1 fully saturated rings. The molecule has 0 radical (unpaired) electrons. The number of unbranched alkanes of at least 4 members (excludes halogenated alkanes) is 31. The van der Waals surface area contributed by atoms with Gasteiger partial charge in [-0.3, -0.25) is 9.59 Å². The van der Waals surface area contributed by atoms with Crippen LogP contribution in [0.25, 0.3) is 0 Å². The van der Waals surface area contributed by atoms with E-state index in [1.165, 1.54) is 154 Å². The van der Waals surface area contributed by atoms with Crippen LogP contribution in [0.15, 0.2) is 24.3 Å². The zero-order valence-corrected chi connectivity index (χ0v) is 42.4. The summed E-state index contributed by atoms with van der Waals surface area (Å²) < 4.78 is 16.7. The molecule has 1 rings (SSSR count). The van der Waals surface area contributed by atoms with Gasteiger partial charge in [0.05, 0.1) is 32.0 Å². The van der Waals surface area contributed by atoms with Crippen molar-refractivity contribution in [3.63, 3.8) is 0 Å². The first-order valence-electron chi connectivity index (χ1n) is 27.6. The third kappa shape index (κ3) is 35.3. The molecule has 0 aromatic rings. The van der Waals surface area contributed by atoms with Crippen molar-refractivity contribution in [3.8, 4) is 0 Å². The van der Waals surface area contributed by atoms with Crippen LogP contribution in [0, 0.1) is 0 Å². The molecule has 0 bridgehead atoms. The lowest BCUT2D eigenvalue weighted by Crippen LogP contribution is -2.60. The molecule has 0 aromatic heterocycles. The van der Waals surface area contributed by atoms with E-state index in [9.17, 15) is 35.1 Å². The van der Waals surface area contributed by atoms with Crippen molar-refractivity contribution in [1.82, 2.24) is 5.32 Å². The first-order valence-corrected chi connectivity index (χ1v) is 27.6. The van der Waals surface area contributed by atoms with Crippen LogP contribution in [-0.4, -0.2) is 100 Å². The molecule has 0 aromatic carbocycles. The molecule has 0 saturated carbocycles. The number of nitrogens with one attached hydrogen (secondary N) is 1. The quantitative estimate of drug-likeness (QED) is 0.0196. The van der Waals surface area contributed by atoms with Crippen LogP contribution >= 0.6 is 0 Å². The number of esters is 1. The summed E-state index contributed by atoms with van der Waals surface area (Å²) in [6, 6.07) is -0.820.